The van der Waals surface area contributed by atoms with E-state index in [0.29, 0.717) is 0 Å². The maximum atomic E-state index is 8.94. The Morgan fingerprint density at radius 3 is 2.50 bits per heavy atom. The third kappa shape index (κ3) is 3.91. The van der Waals surface area contributed by atoms with Crippen molar-refractivity contribution >= 4 is 23.0 Å². The molecule has 1 aromatic carbocycles. The molecule has 0 radical (unpaired) electrons. The van der Waals surface area contributed by atoms with Crippen molar-refractivity contribution in [3.63, 3.8) is 0 Å². The van der Waals surface area contributed by atoms with Crippen LogP contribution in [0, 0.1) is 13.8 Å². The summed E-state index contributed by atoms with van der Waals surface area (Å²) in [5.41, 5.74) is 3.61. The fourth-order valence-electron chi connectivity index (χ4n) is 2.34. The monoisotopic (exact) mass is 293 g/mol. The van der Waals surface area contributed by atoms with Gasteiger partial charge in [0.05, 0.1) is 6.61 Å². The Bertz CT molecular complexity index is 470. The molecule has 1 fully saturated rings. The highest BCUT2D eigenvalue weighted by Crippen LogP contribution is 2.15. The van der Waals surface area contributed by atoms with Crippen molar-refractivity contribution in [2.75, 3.05) is 44.6 Å². The van der Waals surface area contributed by atoms with Crippen LogP contribution in [0.4, 0.5) is 5.69 Å². The highest BCUT2D eigenvalue weighted by Gasteiger charge is 2.18. The molecule has 0 bridgehead atoms. The molecule has 1 aromatic rings. The minimum absolute atomic E-state index is 0.228. The first kappa shape index (κ1) is 15.2. The largest absolute Gasteiger partial charge is 0.395 e. The quantitative estimate of drug-likeness (QED) is 0.829. The van der Waals surface area contributed by atoms with Crippen LogP contribution in [0.2, 0.25) is 0 Å². The first-order chi connectivity index (χ1) is 9.60. The van der Waals surface area contributed by atoms with Gasteiger partial charge in [-0.05, 0) is 49.3 Å². The van der Waals surface area contributed by atoms with Gasteiger partial charge < -0.3 is 15.3 Å². The predicted molar refractivity (Wildman–Crippen MR) is 87.2 cm³/mol. The number of benzene rings is 1. The van der Waals surface area contributed by atoms with E-state index in [2.05, 4.69) is 47.2 Å². The summed E-state index contributed by atoms with van der Waals surface area (Å²) in [5, 5.41) is 13.0. The van der Waals surface area contributed by atoms with Gasteiger partial charge in [-0.1, -0.05) is 6.07 Å². The zero-order chi connectivity index (χ0) is 14.5. The van der Waals surface area contributed by atoms with Gasteiger partial charge in [0.15, 0.2) is 5.11 Å². The molecule has 5 heteroatoms. The molecular formula is C15H23N3OS. The molecule has 0 atom stereocenters. The molecule has 1 saturated heterocycles. The molecule has 1 aliphatic heterocycles. The van der Waals surface area contributed by atoms with E-state index in [4.69, 9.17) is 17.3 Å². The Labute approximate surface area is 126 Å². The van der Waals surface area contributed by atoms with Crippen molar-refractivity contribution in [2.45, 2.75) is 13.8 Å². The number of rotatable bonds is 3. The molecule has 1 heterocycles. The molecule has 0 aromatic heterocycles. The smallest absolute Gasteiger partial charge is 0.173 e. The van der Waals surface area contributed by atoms with E-state index < -0.39 is 0 Å². The summed E-state index contributed by atoms with van der Waals surface area (Å²) in [4.78, 5) is 4.45. The molecular weight excluding hydrogens is 270 g/mol. The molecule has 0 spiro atoms. The highest BCUT2D eigenvalue weighted by molar-refractivity contribution is 7.80. The Morgan fingerprint density at radius 2 is 1.90 bits per heavy atom. The molecule has 2 N–H and O–H groups in total. The van der Waals surface area contributed by atoms with E-state index in [0.717, 1.165) is 43.5 Å². The second-order valence-corrected chi connectivity index (χ2v) is 5.67. The summed E-state index contributed by atoms with van der Waals surface area (Å²) >= 11 is 5.48. The molecule has 0 unspecified atom stereocenters. The van der Waals surface area contributed by atoms with Gasteiger partial charge in [0.1, 0.15) is 0 Å². The lowest BCUT2D eigenvalue weighted by atomic mass is 10.1. The average Bonchev–Trinajstić information content (AvgIpc) is 2.44. The second-order valence-electron chi connectivity index (χ2n) is 5.28. The Hall–Kier alpha value is -1.17. The molecule has 2 rings (SSSR count). The Morgan fingerprint density at radius 1 is 1.20 bits per heavy atom. The van der Waals surface area contributed by atoms with E-state index in [-0.39, 0.29) is 6.61 Å². The zero-order valence-electron chi connectivity index (χ0n) is 12.2. The van der Waals surface area contributed by atoms with Gasteiger partial charge in [-0.25, -0.2) is 0 Å². The van der Waals surface area contributed by atoms with Crippen LogP contribution in [0.25, 0.3) is 0 Å². The van der Waals surface area contributed by atoms with Crippen molar-refractivity contribution in [1.29, 1.82) is 0 Å². The summed E-state index contributed by atoms with van der Waals surface area (Å²) < 4.78 is 0. The Balaban J connectivity index is 1.88. The first-order valence-corrected chi connectivity index (χ1v) is 7.47. The molecule has 0 saturated carbocycles. The maximum Gasteiger partial charge on any atom is 0.173 e. The standard InChI is InChI=1S/C15H23N3OS/c1-12-3-4-14(11-13(12)2)16-15(20)18-7-5-17(6-8-18)9-10-19/h3-4,11,19H,5-10H2,1-2H3,(H,16,20). The third-order valence-corrected chi connectivity index (χ3v) is 4.19. The number of hydrogen-bond donors (Lipinski definition) is 2. The van der Waals surface area contributed by atoms with Gasteiger partial charge in [-0.15, -0.1) is 0 Å². The summed E-state index contributed by atoms with van der Waals surface area (Å²) in [5.74, 6) is 0. The lowest BCUT2D eigenvalue weighted by Gasteiger charge is -2.35. The van der Waals surface area contributed by atoms with Crippen LogP contribution in [0.3, 0.4) is 0 Å². The third-order valence-electron chi connectivity index (χ3n) is 3.83. The summed E-state index contributed by atoms with van der Waals surface area (Å²) in [6.07, 6.45) is 0. The van der Waals surface area contributed by atoms with E-state index in [1.807, 2.05) is 0 Å². The number of aryl methyl sites for hydroxylation is 2. The topological polar surface area (TPSA) is 38.7 Å². The number of hydrogen-bond acceptors (Lipinski definition) is 3. The molecule has 110 valence electrons. The lowest BCUT2D eigenvalue weighted by molar-refractivity contribution is 0.148. The van der Waals surface area contributed by atoms with Crippen LogP contribution in [0.15, 0.2) is 18.2 Å². The average molecular weight is 293 g/mol. The van der Waals surface area contributed by atoms with Crippen molar-refractivity contribution < 1.29 is 5.11 Å². The van der Waals surface area contributed by atoms with Crippen LogP contribution < -0.4 is 5.32 Å². The van der Waals surface area contributed by atoms with Gasteiger partial charge in [0, 0.05) is 38.4 Å². The van der Waals surface area contributed by atoms with Gasteiger partial charge >= 0.3 is 0 Å². The van der Waals surface area contributed by atoms with Crippen LogP contribution in [0.1, 0.15) is 11.1 Å². The van der Waals surface area contributed by atoms with Crippen LogP contribution in [-0.2, 0) is 0 Å². The number of thiocarbonyl (C=S) groups is 1. The SMILES string of the molecule is Cc1ccc(NC(=S)N2CCN(CCO)CC2)cc1C. The number of β-amino-alcohol motifs (C(OH)–C–C–N with tert-alkyl or cyclic N) is 1. The van der Waals surface area contributed by atoms with Gasteiger partial charge in [0.2, 0.25) is 0 Å². The molecule has 1 aliphatic rings. The fourth-order valence-corrected chi connectivity index (χ4v) is 2.64. The van der Waals surface area contributed by atoms with Crippen molar-refractivity contribution in [2.24, 2.45) is 0 Å². The van der Waals surface area contributed by atoms with Crippen LogP contribution in [0.5, 0.6) is 0 Å². The minimum Gasteiger partial charge on any atom is -0.395 e. The van der Waals surface area contributed by atoms with E-state index >= 15 is 0 Å². The fraction of sp³-hybridized carbons (Fsp3) is 0.533. The molecule has 0 aliphatic carbocycles. The lowest BCUT2D eigenvalue weighted by Crippen LogP contribution is -2.50. The predicted octanol–water partition coefficient (Wildman–Crippen LogP) is 1.61. The number of aliphatic hydroxyl groups excluding tert-OH is 1. The van der Waals surface area contributed by atoms with E-state index in [9.17, 15) is 0 Å². The van der Waals surface area contributed by atoms with Gasteiger partial charge in [-0.3, -0.25) is 4.90 Å². The van der Waals surface area contributed by atoms with Crippen molar-refractivity contribution in [3.05, 3.63) is 29.3 Å². The first-order valence-electron chi connectivity index (χ1n) is 7.06. The number of aliphatic hydroxyl groups is 1. The highest BCUT2D eigenvalue weighted by atomic mass is 32.1. The Kier molecular flexibility index (Phi) is 5.34. The molecule has 4 nitrogen and oxygen atoms in total. The number of piperazine rings is 1. The molecule has 20 heavy (non-hydrogen) atoms. The summed E-state index contributed by atoms with van der Waals surface area (Å²) in [7, 11) is 0. The van der Waals surface area contributed by atoms with Crippen molar-refractivity contribution in [3.8, 4) is 0 Å². The summed E-state index contributed by atoms with van der Waals surface area (Å²) in [6, 6.07) is 6.31. The number of anilines is 1. The van der Waals surface area contributed by atoms with Gasteiger partial charge in [-0.2, -0.15) is 0 Å². The zero-order valence-corrected chi connectivity index (χ0v) is 13.0. The van der Waals surface area contributed by atoms with E-state index in [1.54, 1.807) is 0 Å². The minimum atomic E-state index is 0.228. The second kappa shape index (κ2) is 7.02. The van der Waals surface area contributed by atoms with Gasteiger partial charge in [0.25, 0.3) is 0 Å². The number of nitrogens with one attached hydrogen (secondary N) is 1. The molecule has 0 amide bonds. The van der Waals surface area contributed by atoms with E-state index in [1.165, 1.54) is 11.1 Å². The normalized spacial score (nSPS) is 16.2. The number of nitrogens with zero attached hydrogens (tertiary/aromatic N) is 2. The maximum absolute atomic E-state index is 8.94. The van der Waals surface area contributed by atoms with Crippen LogP contribution >= 0.6 is 12.2 Å². The van der Waals surface area contributed by atoms with Crippen LogP contribution in [-0.4, -0.2) is 59.3 Å². The van der Waals surface area contributed by atoms with Crippen molar-refractivity contribution in [1.82, 2.24) is 9.80 Å². The summed E-state index contributed by atoms with van der Waals surface area (Å²) in [6.45, 7) is 8.93.